The van der Waals surface area contributed by atoms with Crippen molar-refractivity contribution in [1.82, 2.24) is 4.72 Å². The number of hydrogen-bond donors (Lipinski definition) is 1. The van der Waals surface area contributed by atoms with Crippen LogP contribution in [-0.4, -0.2) is 26.2 Å². The van der Waals surface area contributed by atoms with Gasteiger partial charge in [-0.2, -0.15) is 0 Å². The second-order valence-corrected chi connectivity index (χ2v) is 5.93. The van der Waals surface area contributed by atoms with E-state index in [1.807, 2.05) is 6.92 Å². The highest BCUT2D eigenvalue weighted by atomic mass is 35.5. The lowest BCUT2D eigenvalue weighted by molar-refractivity contribution is 0.595. The van der Waals surface area contributed by atoms with E-state index in [-0.39, 0.29) is 10.9 Å². The zero-order chi connectivity index (χ0) is 12.5. The highest BCUT2D eigenvalue weighted by Gasteiger charge is 2.30. The van der Waals surface area contributed by atoms with Crippen LogP contribution in [0.25, 0.3) is 0 Å². The van der Waals surface area contributed by atoms with Gasteiger partial charge in [-0.25, -0.2) is 8.42 Å². The number of aliphatic imine (C=N–C) groups is 1. The van der Waals surface area contributed by atoms with Crippen LogP contribution in [0.3, 0.4) is 0 Å². The van der Waals surface area contributed by atoms with Crippen LogP contribution in [0.1, 0.15) is 18.9 Å². The monoisotopic (exact) mass is 272 g/mol. The molecule has 1 N–H and O–H groups in total. The molecule has 0 saturated heterocycles. The Kier molecular flexibility index (Phi) is 3.40. The number of alkyl halides is 1. The van der Waals surface area contributed by atoms with E-state index in [0.29, 0.717) is 17.3 Å². The van der Waals surface area contributed by atoms with Gasteiger partial charge in [0.1, 0.15) is 5.84 Å². The van der Waals surface area contributed by atoms with Gasteiger partial charge in [-0.3, -0.25) is 9.71 Å². The van der Waals surface area contributed by atoms with Crippen molar-refractivity contribution in [3.63, 3.8) is 0 Å². The molecule has 4 nitrogen and oxygen atoms in total. The maximum absolute atomic E-state index is 11.8. The molecule has 1 unspecified atom stereocenters. The molecule has 0 aliphatic carbocycles. The average molecular weight is 273 g/mol. The van der Waals surface area contributed by atoms with Gasteiger partial charge in [0.2, 0.25) is 0 Å². The molecule has 0 saturated carbocycles. The van der Waals surface area contributed by atoms with E-state index in [1.54, 1.807) is 24.3 Å². The Morgan fingerprint density at radius 3 is 2.82 bits per heavy atom. The third-order valence-corrected chi connectivity index (χ3v) is 4.15. The number of rotatable bonds is 3. The predicted octanol–water partition coefficient (Wildman–Crippen LogP) is 1.74. The number of benzene rings is 1. The van der Waals surface area contributed by atoms with Gasteiger partial charge in [-0.05, 0) is 25.5 Å². The fourth-order valence-electron chi connectivity index (χ4n) is 1.67. The van der Waals surface area contributed by atoms with Crippen LogP contribution >= 0.6 is 11.6 Å². The molecular weight excluding hydrogens is 260 g/mol. The summed E-state index contributed by atoms with van der Waals surface area (Å²) in [6, 6.07) is 6.81. The summed E-state index contributed by atoms with van der Waals surface area (Å²) in [7, 11) is -3.43. The number of nitrogens with zero attached hydrogens (tertiary/aromatic N) is 1. The topological polar surface area (TPSA) is 58.5 Å². The molecule has 1 atom stereocenters. The zero-order valence-electron chi connectivity index (χ0n) is 9.35. The average Bonchev–Trinajstić information content (AvgIpc) is 2.52. The van der Waals surface area contributed by atoms with Crippen LogP contribution in [0.15, 0.2) is 34.2 Å². The van der Waals surface area contributed by atoms with Crippen molar-refractivity contribution < 1.29 is 8.42 Å². The van der Waals surface area contributed by atoms with E-state index in [2.05, 4.69) is 9.71 Å². The van der Waals surface area contributed by atoms with Crippen LogP contribution in [0.2, 0.25) is 0 Å². The van der Waals surface area contributed by atoms with Gasteiger partial charge in [0, 0.05) is 11.4 Å². The molecule has 0 radical (unpaired) electrons. The smallest absolute Gasteiger partial charge is 0.263 e. The van der Waals surface area contributed by atoms with Crippen molar-refractivity contribution in [1.29, 1.82) is 0 Å². The lowest BCUT2D eigenvalue weighted by Gasteiger charge is -2.05. The molecule has 1 aliphatic rings. The summed E-state index contributed by atoms with van der Waals surface area (Å²) < 4.78 is 26.0. The molecule has 92 valence electrons. The third-order valence-electron chi connectivity index (χ3n) is 2.54. The molecule has 1 aliphatic heterocycles. The lowest BCUT2D eigenvalue weighted by Crippen LogP contribution is -2.23. The Morgan fingerprint density at radius 2 is 2.12 bits per heavy atom. The Hall–Kier alpha value is -1.07. The highest BCUT2D eigenvalue weighted by molar-refractivity contribution is 7.90. The molecule has 6 heteroatoms. The van der Waals surface area contributed by atoms with Crippen molar-refractivity contribution in [3.8, 4) is 0 Å². The number of hydrogen-bond acceptors (Lipinski definition) is 3. The summed E-state index contributed by atoms with van der Waals surface area (Å²) in [6.07, 6.45) is 0.717. The molecule has 0 amide bonds. The second-order valence-electron chi connectivity index (χ2n) is 3.91. The largest absolute Gasteiger partial charge is 0.264 e. The number of fused-ring (bicyclic) bond motifs is 1. The van der Waals surface area contributed by atoms with Crippen LogP contribution in [0.4, 0.5) is 0 Å². The summed E-state index contributed by atoms with van der Waals surface area (Å²) in [4.78, 5) is 4.63. The maximum atomic E-state index is 11.8. The number of nitrogens with one attached hydrogen (secondary N) is 1. The molecule has 17 heavy (non-hydrogen) atoms. The van der Waals surface area contributed by atoms with E-state index >= 15 is 0 Å². The fourth-order valence-corrected chi connectivity index (χ4v) is 3.23. The van der Waals surface area contributed by atoms with Gasteiger partial charge in [0.15, 0.2) is 0 Å². The van der Waals surface area contributed by atoms with E-state index in [1.165, 1.54) is 0 Å². The van der Waals surface area contributed by atoms with Gasteiger partial charge in [0.25, 0.3) is 10.0 Å². The maximum Gasteiger partial charge on any atom is 0.263 e. The van der Waals surface area contributed by atoms with E-state index < -0.39 is 10.0 Å². The Labute approximate surface area is 106 Å². The summed E-state index contributed by atoms with van der Waals surface area (Å²) >= 11 is 5.63. The van der Waals surface area contributed by atoms with Crippen LogP contribution in [-0.2, 0) is 10.0 Å². The summed E-state index contributed by atoms with van der Waals surface area (Å²) in [5.41, 5.74) is 0.633. The van der Waals surface area contributed by atoms with Crippen molar-refractivity contribution in [3.05, 3.63) is 29.8 Å². The summed E-state index contributed by atoms with van der Waals surface area (Å²) in [5, 5.41) is 0. The van der Waals surface area contributed by atoms with Crippen molar-refractivity contribution in [2.75, 3.05) is 5.88 Å². The van der Waals surface area contributed by atoms with Gasteiger partial charge < -0.3 is 0 Å². The van der Waals surface area contributed by atoms with Gasteiger partial charge in [0.05, 0.1) is 10.9 Å². The van der Waals surface area contributed by atoms with E-state index in [4.69, 9.17) is 11.6 Å². The highest BCUT2D eigenvalue weighted by Crippen LogP contribution is 2.22. The minimum absolute atomic E-state index is 0.00337. The number of sulfonamides is 1. The van der Waals surface area contributed by atoms with Gasteiger partial charge >= 0.3 is 0 Å². The molecule has 0 spiro atoms. The predicted molar refractivity (Wildman–Crippen MR) is 68.1 cm³/mol. The van der Waals surface area contributed by atoms with Crippen LogP contribution in [0, 0.1) is 0 Å². The van der Waals surface area contributed by atoms with E-state index in [0.717, 1.165) is 6.42 Å². The van der Waals surface area contributed by atoms with Crippen molar-refractivity contribution in [2.45, 2.75) is 24.3 Å². The summed E-state index contributed by atoms with van der Waals surface area (Å²) in [6.45, 7) is 1.91. The Bertz CT molecular complexity index is 554. The third kappa shape index (κ3) is 2.45. The first-order valence-electron chi connectivity index (χ1n) is 5.30. The minimum Gasteiger partial charge on any atom is -0.264 e. The van der Waals surface area contributed by atoms with Crippen molar-refractivity contribution in [2.24, 2.45) is 4.99 Å². The van der Waals surface area contributed by atoms with E-state index in [9.17, 15) is 8.42 Å². The quantitative estimate of drug-likeness (QED) is 0.852. The number of amidine groups is 1. The molecule has 0 bridgehead atoms. The first kappa shape index (κ1) is 12.4. The Morgan fingerprint density at radius 1 is 1.41 bits per heavy atom. The van der Waals surface area contributed by atoms with Crippen molar-refractivity contribution >= 4 is 27.5 Å². The first-order valence-corrected chi connectivity index (χ1v) is 7.32. The molecular formula is C11H13ClN2O2S. The minimum atomic E-state index is -3.43. The fraction of sp³-hybridized carbons (Fsp3) is 0.364. The van der Waals surface area contributed by atoms with Crippen LogP contribution in [0.5, 0.6) is 0 Å². The molecule has 1 aromatic carbocycles. The summed E-state index contributed by atoms with van der Waals surface area (Å²) in [5.74, 6) is 0.921. The molecule has 0 aromatic heterocycles. The first-order chi connectivity index (χ1) is 8.04. The molecule has 1 aromatic rings. The van der Waals surface area contributed by atoms with Gasteiger partial charge in [-0.1, -0.05) is 12.1 Å². The van der Waals surface area contributed by atoms with Crippen LogP contribution < -0.4 is 4.72 Å². The molecule has 0 fully saturated rings. The number of halogens is 1. The normalized spacial score (nSPS) is 20.9. The zero-order valence-corrected chi connectivity index (χ0v) is 10.9. The standard InChI is InChI=1S/C11H13ClN2O2S/c1-8(6-7-12)13-11-9-4-2-3-5-10(9)17(15,16)14-11/h2-5,8H,6-7H2,1H3,(H,13,14). The Balaban J connectivity index is 2.42. The lowest BCUT2D eigenvalue weighted by atomic mass is 10.2. The molecule has 1 heterocycles. The molecule has 2 rings (SSSR count). The SMILES string of the molecule is CC(CCCl)N=C1NS(=O)(=O)c2ccccc21. The van der Waals surface area contributed by atoms with Gasteiger partial charge in [-0.15, -0.1) is 11.6 Å². The second kappa shape index (κ2) is 4.66.